The molecule has 0 aliphatic carbocycles. The number of nitrogens with one attached hydrogen (secondary N) is 2. The van der Waals surface area contributed by atoms with Gasteiger partial charge in [0.1, 0.15) is 39.3 Å². The maximum atomic E-state index is 12.1. The van der Waals surface area contributed by atoms with E-state index in [1.54, 1.807) is 0 Å². The van der Waals surface area contributed by atoms with Crippen molar-refractivity contribution in [2.24, 2.45) is 10.2 Å². The molecule has 0 unspecified atom stereocenters. The van der Waals surface area contributed by atoms with Crippen LogP contribution in [0.5, 0.6) is 5.75 Å². The van der Waals surface area contributed by atoms with Gasteiger partial charge < -0.3 is 31.2 Å². The Hall–Kier alpha value is -1.62. The summed E-state index contributed by atoms with van der Waals surface area (Å²) in [5, 5.41) is 70.6. The minimum Gasteiger partial charge on any atom is -0.744 e. The van der Waals surface area contributed by atoms with Gasteiger partial charge >= 0.3 is 88.7 Å². The number of phenols is 1. The van der Waals surface area contributed by atoms with Gasteiger partial charge in [-0.2, -0.15) is 23.6 Å². The fraction of sp³-hybridized carbons (Fsp3) is 0. The molecule has 3 aromatic carbocycles. The van der Waals surface area contributed by atoms with E-state index >= 15 is 0 Å². The van der Waals surface area contributed by atoms with E-state index in [9.17, 15) is 39.0 Å². The summed E-state index contributed by atoms with van der Waals surface area (Å²) in [4.78, 5) is 10.7. The number of aromatic nitrogens is 3. The Balaban J connectivity index is 0.00000384. The number of aromatic hydroxyl groups is 1. The summed E-state index contributed by atoms with van der Waals surface area (Å²) in [5.74, 6) is -1.77. The van der Waals surface area contributed by atoms with E-state index in [-0.39, 0.29) is 134 Å². The molecule has 0 radical (unpaired) electrons. The number of phenolic OH excluding ortho intramolecular Hbond substituents is 1. The number of nitrogens with zero attached hydrogens (tertiary/aromatic N) is 6. The van der Waals surface area contributed by atoms with Crippen LogP contribution < -0.4 is 121 Å². The number of hydrogen-bond acceptors (Lipinski definition) is 23. The van der Waals surface area contributed by atoms with Gasteiger partial charge in [-0.3, -0.25) is 25.8 Å². The van der Waals surface area contributed by atoms with Crippen molar-refractivity contribution in [2.45, 2.75) is 9.79 Å². The van der Waals surface area contributed by atoms with E-state index in [0.717, 1.165) is 12.1 Å². The average Bonchev–Trinajstić information content (AvgIpc) is 2.99. The third-order valence-corrected chi connectivity index (χ3v) is 6.83. The molecule has 48 heavy (non-hydrogen) atoms. The molecule has 0 aliphatic rings. The molecule has 0 fully saturated rings. The van der Waals surface area contributed by atoms with Gasteiger partial charge in [-0.15, -0.1) is 10.2 Å². The molecule has 0 spiro atoms. The summed E-state index contributed by atoms with van der Waals surface area (Å²) in [6.07, 6.45) is 0. The predicted octanol–water partition coefficient (Wildman–Crippen LogP) is -7.59. The quantitative estimate of drug-likeness (QED) is 0.00748. The number of benzene rings is 3. The molecule has 236 valence electrons. The molecule has 4 aromatic rings. The van der Waals surface area contributed by atoms with Gasteiger partial charge in [0, 0.05) is 21.9 Å². The SMILES string of the molecule is Nc1ccc2cc(SOO[O-])cc(O)c2c1N=Nc1ccc(Nc2nc(NC#CSOO[O-])nc(N(O)O)n2)cc1S(=O)(=O)[O-].[Na+].[Na+].[Na+]. The Bertz CT molecular complexity index is 1920. The Labute approximate surface area is 344 Å². The van der Waals surface area contributed by atoms with Gasteiger partial charge in [-0.25, -0.2) is 8.42 Å². The smallest absolute Gasteiger partial charge is 0.744 e. The zero-order valence-corrected chi connectivity index (χ0v) is 33.0. The summed E-state index contributed by atoms with van der Waals surface area (Å²) < 4.78 is 44.6. The number of azo groups is 1. The fourth-order valence-corrected chi connectivity index (χ4v) is 4.66. The van der Waals surface area contributed by atoms with Crippen LogP contribution in [-0.2, 0) is 28.9 Å². The van der Waals surface area contributed by atoms with Crippen molar-refractivity contribution in [3.8, 4) is 17.0 Å². The molecule has 0 saturated carbocycles. The Kier molecular flexibility index (Phi) is 19.3. The molecular formula is C21H14N9Na3O12S3. The molecule has 0 amide bonds. The van der Waals surface area contributed by atoms with Crippen molar-refractivity contribution in [1.82, 2.24) is 15.0 Å². The molecule has 0 saturated heterocycles. The molecule has 21 nitrogen and oxygen atoms in total. The minimum atomic E-state index is -5.17. The molecule has 1 aromatic heterocycles. The van der Waals surface area contributed by atoms with Crippen molar-refractivity contribution in [2.75, 3.05) is 21.6 Å². The van der Waals surface area contributed by atoms with Gasteiger partial charge in [0.05, 0.1) is 28.0 Å². The second-order valence-corrected chi connectivity index (χ2v) is 10.5. The Morgan fingerprint density at radius 1 is 0.958 bits per heavy atom. The maximum Gasteiger partial charge on any atom is 1.00 e. The maximum absolute atomic E-state index is 12.1. The van der Waals surface area contributed by atoms with Crippen LogP contribution in [0.2, 0.25) is 0 Å². The molecule has 0 atom stereocenters. The number of hydrogen-bond donors (Lipinski definition) is 6. The first-order valence-corrected chi connectivity index (χ1v) is 14.2. The van der Waals surface area contributed by atoms with Crippen LogP contribution in [0, 0.1) is 11.3 Å². The molecular weight excluding hydrogens is 735 g/mol. The number of anilines is 5. The predicted molar refractivity (Wildman–Crippen MR) is 147 cm³/mol. The van der Waals surface area contributed by atoms with E-state index in [2.05, 4.69) is 65.9 Å². The zero-order valence-electron chi connectivity index (χ0n) is 24.5. The minimum absolute atomic E-state index is 0. The summed E-state index contributed by atoms with van der Waals surface area (Å²) in [5.41, 5.74) is 5.51. The molecule has 1 heterocycles. The number of nitrogens with two attached hydrogens (primary N) is 1. The fourth-order valence-electron chi connectivity index (χ4n) is 3.43. The van der Waals surface area contributed by atoms with E-state index in [4.69, 9.17) is 5.73 Å². The molecule has 0 aliphatic heterocycles. The number of nitrogen functional groups attached to an aromatic ring is 1. The van der Waals surface area contributed by atoms with Gasteiger partial charge in [0.25, 0.3) is 5.95 Å². The first-order valence-electron chi connectivity index (χ1n) is 11.3. The second-order valence-electron chi connectivity index (χ2n) is 7.87. The van der Waals surface area contributed by atoms with E-state index in [1.807, 2.05) is 0 Å². The Morgan fingerprint density at radius 3 is 2.33 bits per heavy atom. The van der Waals surface area contributed by atoms with Gasteiger partial charge in [-0.05, 0) is 41.8 Å². The molecule has 0 bridgehead atoms. The summed E-state index contributed by atoms with van der Waals surface area (Å²) in [7, 11) is -5.17. The van der Waals surface area contributed by atoms with Gasteiger partial charge in [-0.1, -0.05) is 11.3 Å². The van der Waals surface area contributed by atoms with E-state index in [0.29, 0.717) is 29.5 Å². The number of fused-ring (bicyclic) bond motifs is 1. The standard InChI is InChI=1S/C21H17N9O12S3.3Na/c22-13-3-1-10-7-12(44-42-40-35)9-15(31)17(10)18(13)29-28-14-4-2-11(8-16(14)45(36,37)38)24-20-25-19(23-5-6-43-41-39-34)26-21(27-20)30(32)33;;;/h1-4,7-9,31-35H,22H2,(H,36,37,38)(H2,23,24,25,26,27);;;/q;3*+1/p-3. The largest absolute Gasteiger partial charge is 1.00 e. The Morgan fingerprint density at radius 2 is 1.67 bits per heavy atom. The van der Waals surface area contributed by atoms with Crippen LogP contribution in [0.1, 0.15) is 0 Å². The average molecular weight is 750 g/mol. The summed E-state index contributed by atoms with van der Waals surface area (Å²) in [6, 6.07) is 11.2. The third-order valence-electron chi connectivity index (χ3n) is 5.11. The van der Waals surface area contributed by atoms with E-state index in [1.165, 1.54) is 30.3 Å². The molecule has 7 N–H and O–H groups in total. The monoisotopic (exact) mass is 749 g/mol. The summed E-state index contributed by atoms with van der Waals surface area (Å²) >= 11 is 0.836. The molecule has 27 heteroatoms. The van der Waals surface area contributed by atoms with E-state index < -0.39 is 31.9 Å². The van der Waals surface area contributed by atoms with Crippen LogP contribution in [0.15, 0.2) is 62.5 Å². The second kappa shape index (κ2) is 20.9. The first-order chi connectivity index (χ1) is 21.5. The normalized spacial score (nSPS) is 10.7. The topological polar surface area (TPSA) is 318 Å². The summed E-state index contributed by atoms with van der Waals surface area (Å²) in [6.45, 7) is 0. The van der Waals surface area contributed by atoms with Crippen LogP contribution in [0.4, 0.5) is 40.6 Å². The van der Waals surface area contributed by atoms with Crippen LogP contribution in [0.3, 0.4) is 0 Å². The van der Waals surface area contributed by atoms with Crippen molar-refractivity contribution in [3.63, 3.8) is 0 Å². The van der Waals surface area contributed by atoms with Crippen molar-refractivity contribution in [1.29, 1.82) is 0 Å². The van der Waals surface area contributed by atoms with Crippen LogP contribution >= 0.6 is 24.1 Å². The molecule has 4 rings (SSSR count). The van der Waals surface area contributed by atoms with Crippen molar-refractivity contribution < 1.29 is 146 Å². The first kappa shape index (κ1) is 44.4. The van der Waals surface area contributed by atoms with Crippen LogP contribution in [-0.4, -0.2) is 43.4 Å². The van der Waals surface area contributed by atoms with Gasteiger partial charge in [0.2, 0.25) is 11.9 Å². The van der Waals surface area contributed by atoms with Gasteiger partial charge in [0.15, 0.2) is 0 Å². The van der Waals surface area contributed by atoms with Crippen molar-refractivity contribution in [3.05, 3.63) is 42.5 Å². The number of rotatable bonds is 12. The van der Waals surface area contributed by atoms with Crippen molar-refractivity contribution >= 4 is 85.6 Å². The zero-order chi connectivity index (χ0) is 32.6. The van der Waals surface area contributed by atoms with Crippen LogP contribution in [0.25, 0.3) is 10.8 Å². The third kappa shape index (κ3) is 12.3.